The molecule has 2 atom stereocenters. The number of hydrogen-bond acceptors (Lipinski definition) is 3. The van der Waals surface area contributed by atoms with Crippen LogP contribution in [0.4, 0.5) is 4.79 Å². The van der Waals surface area contributed by atoms with Gasteiger partial charge in [-0.15, -0.1) is 0 Å². The molecule has 5 heteroatoms. The molecule has 0 aromatic heterocycles. The molecule has 4 rings (SSSR count). The van der Waals surface area contributed by atoms with Crippen LogP contribution in [0.2, 0.25) is 0 Å². The zero-order valence-electron chi connectivity index (χ0n) is 20.0. The van der Waals surface area contributed by atoms with Gasteiger partial charge in [0.2, 0.25) is 5.91 Å². The summed E-state index contributed by atoms with van der Waals surface area (Å²) in [5.74, 6) is 0.00357. The lowest BCUT2D eigenvalue weighted by molar-refractivity contribution is -0.124. The van der Waals surface area contributed by atoms with Crippen LogP contribution in [-0.2, 0) is 9.53 Å². The van der Waals surface area contributed by atoms with Crippen LogP contribution in [0.1, 0.15) is 55.8 Å². The number of nitrogens with one attached hydrogen (secondary N) is 2. The second-order valence-electron chi connectivity index (χ2n) is 9.29. The van der Waals surface area contributed by atoms with Crippen molar-refractivity contribution in [3.8, 4) is 11.1 Å². The molecular formula is C29H32N2O3. The Morgan fingerprint density at radius 1 is 0.794 bits per heavy atom. The molecular weight excluding hydrogens is 424 g/mol. The molecule has 0 heterocycles. The van der Waals surface area contributed by atoms with E-state index < -0.39 is 12.1 Å². The van der Waals surface area contributed by atoms with Crippen LogP contribution < -0.4 is 10.6 Å². The third-order valence-electron chi connectivity index (χ3n) is 6.32. The third-order valence-corrected chi connectivity index (χ3v) is 6.32. The monoisotopic (exact) mass is 456 g/mol. The van der Waals surface area contributed by atoms with E-state index in [2.05, 4.69) is 34.9 Å². The smallest absolute Gasteiger partial charge is 0.407 e. The van der Waals surface area contributed by atoms with Gasteiger partial charge in [-0.2, -0.15) is 0 Å². The minimum atomic E-state index is -0.665. The Bertz CT molecular complexity index is 1100. The number of fused-ring (bicyclic) bond motifs is 3. The van der Waals surface area contributed by atoms with E-state index >= 15 is 0 Å². The first-order chi connectivity index (χ1) is 16.4. The van der Waals surface area contributed by atoms with E-state index in [0.29, 0.717) is 6.42 Å². The van der Waals surface area contributed by atoms with Gasteiger partial charge in [0.05, 0.1) is 6.04 Å². The molecule has 0 radical (unpaired) electrons. The molecule has 2 N–H and O–H groups in total. The number of carbonyl (C=O) groups excluding carboxylic acids is 2. The van der Waals surface area contributed by atoms with E-state index in [-0.39, 0.29) is 30.4 Å². The summed E-state index contributed by atoms with van der Waals surface area (Å²) in [6.45, 7) is 6.21. The number of ether oxygens (including phenoxy) is 1. The standard InChI is InChI=1S/C29H32N2O3/c1-19(2)17-27(28(32)30-20(3)21-11-5-4-6-12-21)31-29(33)34-18-26-24-15-9-7-13-22(24)23-14-8-10-16-25(23)26/h4-16,19-20,26-27H,17-18H2,1-3H3,(H,30,32)(H,31,33)/t20-,27+/m1/s1. The maximum Gasteiger partial charge on any atom is 0.407 e. The fraction of sp³-hybridized carbons (Fsp3) is 0.310. The lowest BCUT2D eigenvalue weighted by Crippen LogP contribution is -2.48. The molecule has 0 bridgehead atoms. The van der Waals surface area contributed by atoms with Crippen LogP contribution in [0.25, 0.3) is 11.1 Å². The first-order valence-electron chi connectivity index (χ1n) is 11.9. The van der Waals surface area contributed by atoms with Crippen molar-refractivity contribution in [3.05, 3.63) is 95.6 Å². The van der Waals surface area contributed by atoms with Gasteiger partial charge in [-0.3, -0.25) is 4.79 Å². The van der Waals surface area contributed by atoms with Crippen molar-refractivity contribution in [2.75, 3.05) is 6.61 Å². The first kappa shape index (κ1) is 23.6. The molecule has 34 heavy (non-hydrogen) atoms. The summed E-state index contributed by atoms with van der Waals surface area (Å²) in [4.78, 5) is 25.8. The highest BCUT2D eigenvalue weighted by Crippen LogP contribution is 2.44. The number of carbonyl (C=O) groups is 2. The van der Waals surface area contributed by atoms with Crippen molar-refractivity contribution in [1.29, 1.82) is 0 Å². The largest absolute Gasteiger partial charge is 0.449 e. The summed E-state index contributed by atoms with van der Waals surface area (Å²) < 4.78 is 5.66. The van der Waals surface area contributed by atoms with Gasteiger partial charge in [-0.25, -0.2) is 4.79 Å². The predicted molar refractivity (Wildman–Crippen MR) is 134 cm³/mol. The summed E-state index contributed by atoms with van der Waals surface area (Å²) in [5.41, 5.74) is 5.69. The quantitative estimate of drug-likeness (QED) is 0.449. The Hall–Kier alpha value is -3.60. The van der Waals surface area contributed by atoms with Crippen LogP contribution in [0.15, 0.2) is 78.9 Å². The molecule has 176 valence electrons. The predicted octanol–water partition coefficient (Wildman–Crippen LogP) is 5.82. The molecule has 0 unspecified atom stereocenters. The number of amides is 2. The second-order valence-corrected chi connectivity index (χ2v) is 9.29. The molecule has 0 saturated heterocycles. The van der Waals surface area contributed by atoms with Crippen LogP contribution in [0.3, 0.4) is 0 Å². The molecule has 1 aliphatic rings. The maximum atomic E-state index is 13.0. The van der Waals surface area contributed by atoms with Gasteiger partial charge in [0, 0.05) is 5.92 Å². The molecule has 3 aromatic carbocycles. The highest BCUT2D eigenvalue weighted by atomic mass is 16.5. The summed E-state index contributed by atoms with van der Waals surface area (Å²) in [5, 5.41) is 5.82. The molecule has 0 spiro atoms. The van der Waals surface area contributed by atoms with E-state index in [9.17, 15) is 9.59 Å². The average molecular weight is 457 g/mol. The van der Waals surface area contributed by atoms with E-state index in [4.69, 9.17) is 4.74 Å². The van der Waals surface area contributed by atoms with Crippen molar-refractivity contribution >= 4 is 12.0 Å². The summed E-state index contributed by atoms with van der Waals surface area (Å²) >= 11 is 0. The van der Waals surface area contributed by atoms with E-state index in [0.717, 1.165) is 16.7 Å². The van der Waals surface area contributed by atoms with Crippen LogP contribution in [0, 0.1) is 5.92 Å². The summed E-state index contributed by atoms with van der Waals surface area (Å²) in [6, 6.07) is 25.4. The maximum absolute atomic E-state index is 13.0. The highest BCUT2D eigenvalue weighted by Gasteiger charge is 2.30. The summed E-state index contributed by atoms with van der Waals surface area (Å²) in [6.07, 6.45) is -0.0487. The Morgan fingerprint density at radius 3 is 1.94 bits per heavy atom. The first-order valence-corrected chi connectivity index (χ1v) is 11.9. The molecule has 0 fully saturated rings. The van der Waals surface area contributed by atoms with E-state index in [1.165, 1.54) is 11.1 Å². The van der Waals surface area contributed by atoms with Gasteiger partial charge in [-0.05, 0) is 47.1 Å². The SMILES string of the molecule is CC(C)C[C@H](NC(=O)OCC1c2ccccc2-c2ccccc21)C(=O)N[C@H](C)c1ccccc1. The minimum Gasteiger partial charge on any atom is -0.449 e. The van der Waals surface area contributed by atoms with Crippen molar-refractivity contribution in [2.24, 2.45) is 5.92 Å². The van der Waals surface area contributed by atoms with Gasteiger partial charge in [0.25, 0.3) is 0 Å². The fourth-order valence-electron chi connectivity index (χ4n) is 4.62. The Labute approximate surface area is 201 Å². The molecule has 1 aliphatic carbocycles. The van der Waals surface area contributed by atoms with Gasteiger partial charge in [-0.1, -0.05) is 92.7 Å². The third kappa shape index (κ3) is 5.30. The molecule has 0 saturated carbocycles. The number of rotatable bonds is 8. The van der Waals surface area contributed by atoms with Crippen LogP contribution in [-0.4, -0.2) is 24.6 Å². The van der Waals surface area contributed by atoms with Crippen LogP contribution in [0.5, 0.6) is 0 Å². The zero-order valence-corrected chi connectivity index (χ0v) is 20.0. The lowest BCUT2D eigenvalue weighted by atomic mass is 9.98. The normalized spacial score (nSPS) is 14.1. The Kier molecular flexibility index (Phi) is 7.31. The molecule has 2 amide bonds. The second kappa shape index (κ2) is 10.6. The van der Waals surface area contributed by atoms with E-state index in [1.807, 2.05) is 75.4 Å². The minimum absolute atomic E-state index is 0.0198. The Morgan fingerprint density at radius 2 is 1.35 bits per heavy atom. The van der Waals surface area contributed by atoms with Gasteiger partial charge in [0.1, 0.15) is 12.6 Å². The topological polar surface area (TPSA) is 67.4 Å². The van der Waals surface area contributed by atoms with Gasteiger partial charge in [0.15, 0.2) is 0 Å². The number of hydrogen-bond donors (Lipinski definition) is 2. The fourth-order valence-corrected chi connectivity index (χ4v) is 4.62. The molecule has 0 aliphatic heterocycles. The van der Waals surface area contributed by atoms with E-state index in [1.54, 1.807) is 0 Å². The highest BCUT2D eigenvalue weighted by molar-refractivity contribution is 5.86. The van der Waals surface area contributed by atoms with Crippen LogP contribution >= 0.6 is 0 Å². The van der Waals surface area contributed by atoms with Crippen molar-refractivity contribution in [1.82, 2.24) is 10.6 Å². The van der Waals surface area contributed by atoms with Gasteiger partial charge < -0.3 is 15.4 Å². The zero-order chi connectivity index (χ0) is 24.1. The Balaban J connectivity index is 1.40. The number of benzene rings is 3. The summed E-state index contributed by atoms with van der Waals surface area (Å²) in [7, 11) is 0. The van der Waals surface area contributed by atoms with Crippen molar-refractivity contribution in [2.45, 2.75) is 45.2 Å². The van der Waals surface area contributed by atoms with Gasteiger partial charge >= 0.3 is 6.09 Å². The lowest BCUT2D eigenvalue weighted by Gasteiger charge is -2.23. The number of alkyl carbamates (subject to hydrolysis) is 1. The van der Waals surface area contributed by atoms with Crippen molar-refractivity contribution in [3.63, 3.8) is 0 Å². The van der Waals surface area contributed by atoms with Crippen molar-refractivity contribution < 1.29 is 14.3 Å². The molecule has 5 nitrogen and oxygen atoms in total. The average Bonchev–Trinajstić information content (AvgIpc) is 3.16. The molecule has 3 aromatic rings.